The molecule has 8 heteroatoms. The second kappa shape index (κ2) is 9.52. The molecule has 0 rings (SSSR count). The summed E-state index contributed by atoms with van der Waals surface area (Å²) in [6.45, 7) is 1.99. The van der Waals surface area contributed by atoms with Crippen molar-refractivity contribution in [3.8, 4) is 0 Å². The monoisotopic (exact) mass is 117 g/mol. The highest BCUT2D eigenvalue weighted by Crippen LogP contribution is 1.69. The summed E-state index contributed by atoms with van der Waals surface area (Å²) in [5.41, 5.74) is 0. The van der Waals surface area contributed by atoms with Crippen LogP contribution in [0.5, 0.6) is 0 Å². The standard InChI is InChI=1S/C2H5B8/c1-4-8-10-9-6-2-5-7-3/h2H2,1H3. The van der Waals surface area contributed by atoms with Gasteiger partial charge in [-0.3, -0.25) is 0 Å². The lowest BCUT2D eigenvalue weighted by molar-refractivity contribution is 2.10. The molecule has 0 nitrogen and oxygen atoms in total. The van der Waals surface area contributed by atoms with Crippen LogP contribution in [0.25, 0.3) is 0 Å². The van der Waals surface area contributed by atoms with E-state index in [1.807, 2.05) is 49.5 Å². The molecular weight excluding hydrogens is 111 g/mol. The summed E-state index contributed by atoms with van der Waals surface area (Å²) in [5.74, 6) is 0. The van der Waals surface area contributed by atoms with Gasteiger partial charge >= 0.3 is 0 Å². The lowest BCUT2D eigenvalue weighted by atomic mass is 9.00. The quantitative estimate of drug-likeness (QED) is 0.266. The van der Waals surface area contributed by atoms with Crippen molar-refractivity contribution in [1.82, 2.24) is 0 Å². The molecule has 0 atom stereocenters. The Morgan fingerprint density at radius 2 is 1.90 bits per heavy atom. The summed E-state index contributed by atoms with van der Waals surface area (Å²) in [7, 11) is 18.6. The average Bonchev–Trinajstić information content (AvgIpc) is 1.97. The third-order valence-corrected chi connectivity index (χ3v) is 0.959. The molecule has 0 bridgehead atoms. The van der Waals surface area contributed by atoms with E-state index in [2.05, 4.69) is 0 Å². The van der Waals surface area contributed by atoms with E-state index in [0.29, 0.717) is 0 Å². The van der Waals surface area contributed by atoms with E-state index in [4.69, 9.17) is 7.74 Å². The molecule has 0 fully saturated rings. The summed E-state index contributed by atoms with van der Waals surface area (Å²) >= 11 is 0. The maximum absolute atomic E-state index is 5.13. The Hall–Kier alpha value is 0.519. The van der Waals surface area contributed by atoms with Crippen LogP contribution in [-0.2, 0) is 0 Å². The molecule has 0 saturated carbocycles. The first-order chi connectivity index (χ1) is 4.91. The second-order valence-corrected chi connectivity index (χ2v) is 1.81. The van der Waals surface area contributed by atoms with Gasteiger partial charge in [0.2, 0.25) is 0 Å². The Balaban J connectivity index is 2.65. The van der Waals surface area contributed by atoms with Gasteiger partial charge in [0.1, 0.15) is 0 Å². The fourth-order valence-electron chi connectivity index (χ4n) is 0.490. The molecular formula is C2H5B8. The molecule has 0 aromatic rings. The number of hydrogen-bond acceptors (Lipinski definition) is 0. The van der Waals surface area contributed by atoms with Crippen molar-refractivity contribution in [1.29, 1.82) is 0 Å². The maximum Gasteiger partial charge on any atom is 0.0502 e. The number of hydrogen-bond donors (Lipinski definition) is 0. The van der Waals surface area contributed by atoms with Gasteiger partial charge in [0, 0.05) is 50.3 Å². The summed E-state index contributed by atoms with van der Waals surface area (Å²) in [5, 5.41) is 0. The molecule has 0 heterocycles. The molecule has 0 aliphatic heterocycles. The van der Waals surface area contributed by atoms with Crippen LogP contribution in [0, 0.1) is 0 Å². The summed E-state index contributed by atoms with van der Waals surface area (Å²) < 4.78 is 0. The van der Waals surface area contributed by atoms with E-state index >= 15 is 0 Å². The molecule has 10 heavy (non-hydrogen) atoms. The number of rotatable bonds is 7. The molecule has 0 N–H and O–H groups in total. The van der Waals surface area contributed by atoms with E-state index in [9.17, 15) is 0 Å². The zero-order valence-corrected chi connectivity index (χ0v) is 6.33. The van der Waals surface area contributed by atoms with Crippen molar-refractivity contribution >= 4 is 57.5 Å². The first-order valence-corrected chi connectivity index (χ1v) is 3.39. The van der Waals surface area contributed by atoms with Crippen LogP contribution in [0.2, 0.25) is 13.0 Å². The normalized spacial score (nSPS) is 7.30. The predicted octanol–water partition coefficient (Wildman–Crippen LogP) is -2.00. The van der Waals surface area contributed by atoms with E-state index < -0.39 is 0 Å². The third-order valence-electron chi connectivity index (χ3n) is 0.959. The van der Waals surface area contributed by atoms with Crippen molar-refractivity contribution in [3.63, 3.8) is 0 Å². The molecule has 0 amide bonds. The minimum atomic E-state index is 0.907. The predicted molar refractivity (Wildman–Crippen MR) is 56.7 cm³/mol. The fourth-order valence-corrected chi connectivity index (χ4v) is 0.490. The van der Waals surface area contributed by atoms with Gasteiger partial charge in [-0.05, 0) is 0 Å². The minimum Gasteiger partial charge on any atom is -0.122 e. The lowest BCUT2D eigenvalue weighted by Crippen LogP contribution is -2.23. The molecule has 9 radical (unpaired) electrons. The lowest BCUT2D eigenvalue weighted by Gasteiger charge is -1.92. The molecule has 0 spiro atoms. The van der Waals surface area contributed by atoms with E-state index in [1.54, 1.807) is 7.06 Å². The fraction of sp³-hybridized carbons (Fsp3) is 1.00. The summed E-state index contributed by atoms with van der Waals surface area (Å²) in [6.07, 6.45) is 0.907. The van der Waals surface area contributed by atoms with Crippen LogP contribution >= 0.6 is 0 Å². The molecule has 0 aliphatic carbocycles. The van der Waals surface area contributed by atoms with Gasteiger partial charge in [-0.1, -0.05) is 0 Å². The minimum absolute atomic E-state index is 0.907. The van der Waals surface area contributed by atoms with Crippen LogP contribution in [0.4, 0.5) is 0 Å². The second-order valence-electron chi connectivity index (χ2n) is 1.81. The SMILES string of the molecule is [B][B][B]C[B][B][B][B][B]C. The van der Waals surface area contributed by atoms with Crippen molar-refractivity contribution < 1.29 is 0 Å². The smallest absolute Gasteiger partial charge is 0.0502 e. The zero-order chi connectivity index (χ0) is 7.66. The Labute approximate surface area is 71.1 Å². The molecule has 0 aromatic heterocycles. The summed E-state index contributed by atoms with van der Waals surface area (Å²) in [6, 6.07) is 0. The highest BCUT2D eigenvalue weighted by atomic mass is 13.1. The Morgan fingerprint density at radius 3 is 2.50 bits per heavy atom. The molecule has 37 valence electrons. The van der Waals surface area contributed by atoms with Gasteiger partial charge in [0.15, 0.2) is 0 Å². The van der Waals surface area contributed by atoms with E-state index in [-0.39, 0.29) is 0 Å². The first kappa shape index (κ1) is 10.5. The van der Waals surface area contributed by atoms with Crippen molar-refractivity contribution in [2.45, 2.75) is 13.0 Å². The van der Waals surface area contributed by atoms with Gasteiger partial charge < -0.3 is 0 Å². The Morgan fingerprint density at radius 1 is 1.10 bits per heavy atom. The molecule has 0 unspecified atom stereocenters. The van der Waals surface area contributed by atoms with Gasteiger partial charge in [-0.25, -0.2) is 0 Å². The van der Waals surface area contributed by atoms with E-state index in [1.165, 1.54) is 0 Å². The van der Waals surface area contributed by atoms with E-state index in [0.717, 1.165) is 6.22 Å². The van der Waals surface area contributed by atoms with Crippen molar-refractivity contribution in [3.05, 3.63) is 0 Å². The highest BCUT2D eigenvalue weighted by molar-refractivity contribution is 7.53. The van der Waals surface area contributed by atoms with Gasteiger partial charge in [-0.2, -0.15) is 0 Å². The Kier molecular flexibility index (Phi) is 10.0. The van der Waals surface area contributed by atoms with Gasteiger partial charge in [0.25, 0.3) is 0 Å². The summed E-state index contributed by atoms with van der Waals surface area (Å²) in [4.78, 5) is 0. The third kappa shape index (κ3) is 8.52. The molecule has 0 saturated heterocycles. The van der Waals surface area contributed by atoms with Crippen molar-refractivity contribution in [2.75, 3.05) is 0 Å². The highest BCUT2D eigenvalue weighted by Gasteiger charge is 1.93. The van der Waals surface area contributed by atoms with Crippen LogP contribution in [0.15, 0.2) is 0 Å². The van der Waals surface area contributed by atoms with Gasteiger partial charge in [0.05, 0.1) is 7.17 Å². The van der Waals surface area contributed by atoms with Crippen LogP contribution in [-0.4, -0.2) is 57.5 Å². The molecule has 0 aliphatic rings. The van der Waals surface area contributed by atoms with Crippen LogP contribution in [0.1, 0.15) is 0 Å². The van der Waals surface area contributed by atoms with Crippen molar-refractivity contribution in [2.24, 2.45) is 0 Å². The Bertz CT molecular complexity index is 47.2. The molecule has 0 aromatic carbocycles. The van der Waals surface area contributed by atoms with Crippen LogP contribution in [0.3, 0.4) is 0 Å². The zero-order valence-electron chi connectivity index (χ0n) is 6.33. The first-order valence-electron chi connectivity index (χ1n) is 3.39. The largest absolute Gasteiger partial charge is 0.122 e. The maximum atomic E-state index is 5.13. The average molecular weight is 116 g/mol. The van der Waals surface area contributed by atoms with Crippen LogP contribution < -0.4 is 0 Å². The topological polar surface area (TPSA) is 0 Å². The van der Waals surface area contributed by atoms with Gasteiger partial charge in [-0.15, -0.1) is 13.0 Å².